The second-order valence-corrected chi connectivity index (χ2v) is 10.9. The minimum atomic E-state index is -3.76. The number of carbonyl (C=O) groups is 2. The molecule has 1 N–H and O–H groups in total. The van der Waals surface area contributed by atoms with Gasteiger partial charge in [-0.1, -0.05) is 69.3 Å². The number of sulfonamides is 1. The summed E-state index contributed by atoms with van der Waals surface area (Å²) in [5, 5.41) is 2.93. The molecule has 186 valence electrons. The van der Waals surface area contributed by atoms with Crippen molar-refractivity contribution in [2.24, 2.45) is 0 Å². The van der Waals surface area contributed by atoms with E-state index in [-0.39, 0.29) is 24.4 Å². The molecular weight excluding hydrogens is 450 g/mol. The summed E-state index contributed by atoms with van der Waals surface area (Å²) < 4.78 is 26.7. The van der Waals surface area contributed by atoms with Crippen LogP contribution in [0.5, 0.6) is 0 Å². The first-order valence-corrected chi connectivity index (χ1v) is 13.5. The summed E-state index contributed by atoms with van der Waals surface area (Å²) >= 11 is 0. The molecule has 0 spiro atoms. The van der Waals surface area contributed by atoms with Gasteiger partial charge in [-0.3, -0.25) is 13.9 Å². The van der Waals surface area contributed by atoms with Crippen molar-refractivity contribution in [3.05, 3.63) is 65.7 Å². The standard InChI is InChI=1S/C26H37N3O4S/c1-7-20(4)27-26(31)21(5)28(17-22-13-9-8-10-14-22)25(30)18-29(34(6,32)33)24-16-12-11-15-23(24)19(2)3/h8-16,19-21H,7,17-18H2,1-6H3,(H,27,31)/t20-,21-/m1/s1. The van der Waals surface area contributed by atoms with Crippen molar-refractivity contribution >= 4 is 27.5 Å². The van der Waals surface area contributed by atoms with E-state index in [0.717, 1.165) is 28.1 Å². The van der Waals surface area contributed by atoms with Gasteiger partial charge in [-0.05, 0) is 43.4 Å². The lowest BCUT2D eigenvalue weighted by Crippen LogP contribution is -2.52. The predicted octanol–water partition coefficient (Wildman–Crippen LogP) is 3.91. The molecule has 2 rings (SSSR count). The Morgan fingerprint density at radius 1 is 0.941 bits per heavy atom. The second-order valence-electron chi connectivity index (χ2n) is 8.98. The summed E-state index contributed by atoms with van der Waals surface area (Å²) in [6.07, 6.45) is 1.86. The highest BCUT2D eigenvalue weighted by Gasteiger charge is 2.31. The summed E-state index contributed by atoms with van der Waals surface area (Å²) in [6, 6.07) is 15.7. The monoisotopic (exact) mass is 487 g/mol. The van der Waals surface area contributed by atoms with Crippen LogP contribution in [0.15, 0.2) is 54.6 Å². The number of anilines is 1. The van der Waals surface area contributed by atoms with Gasteiger partial charge in [0.2, 0.25) is 21.8 Å². The third-order valence-corrected chi connectivity index (χ3v) is 7.00. The Balaban J connectivity index is 2.42. The summed E-state index contributed by atoms with van der Waals surface area (Å²) in [7, 11) is -3.76. The maximum Gasteiger partial charge on any atom is 0.244 e. The first kappa shape index (κ1) is 27.4. The minimum Gasteiger partial charge on any atom is -0.352 e. The van der Waals surface area contributed by atoms with Crippen molar-refractivity contribution < 1.29 is 18.0 Å². The fourth-order valence-corrected chi connectivity index (χ4v) is 4.49. The van der Waals surface area contributed by atoms with E-state index in [4.69, 9.17) is 0 Å². The smallest absolute Gasteiger partial charge is 0.244 e. The van der Waals surface area contributed by atoms with Gasteiger partial charge in [0, 0.05) is 12.6 Å². The van der Waals surface area contributed by atoms with Gasteiger partial charge >= 0.3 is 0 Å². The molecule has 0 saturated heterocycles. The fraction of sp³-hybridized carbons (Fsp3) is 0.462. The molecule has 0 aliphatic rings. The molecule has 0 aliphatic carbocycles. The van der Waals surface area contributed by atoms with E-state index in [9.17, 15) is 18.0 Å². The molecule has 2 aromatic carbocycles. The summed E-state index contributed by atoms with van der Waals surface area (Å²) in [5.74, 6) is -0.650. The number of carbonyl (C=O) groups excluding carboxylic acids is 2. The van der Waals surface area contributed by atoms with Crippen molar-refractivity contribution in [2.45, 2.75) is 65.6 Å². The Morgan fingerprint density at radius 3 is 2.09 bits per heavy atom. The Hall–Kier alpha value is -2.87. The van der Waals surface area contributed by atoms with Crippen LogP contribution in [0.2, 0.25) is 0 Å². The maximum absolute atomic E-state index is 13.6. The van der Waals surface area contributed by atoms with Crippen molar-refractivity contribution in [2.75, 3.05) is 17.1 Å². The Kier molecular flexibility index (Phi) is 9.67. The molecule has 0 aliphatic heterocycles. The van der Waals surface area contributed by atoms with Gasteiger partial charge in [-0.15, -0.1) is 0 Å². The molecule has 0 bridgehead atoms. The molecule has 2 amide bonds. The van der Waals surface area contributed by atoms with Gasteiger partial charge in [-0.25, -0.2) is 8.42 Å². The maximum atomic E-state index is 13.6. The second kappa shape index (κ2) is 12.0. The van der Waals surface area contributed by atoms with Crippen LogP contribution in [0.1, 0.15) is 58.1 Å². The molecule has 0 aromatic heterocycles. The zero-order chi connectivity index (χ0) is 25.5. The van der Waals surface area contributed by atoms with Crippen molar-refractivity contribution in [3.63, 3.8) is 0 Å². The Morgan fingerprint density at radius 2 is 1.53 bits per heavy atom. The highest BCUT2D eigenvalue weighted by atomic mass is 32.2. The lowest BCUT2D eigenvalue weighted by atomic mass is 10.0. The van der Waals surface area contributed by atoms with Gasteiger partial charge in [0.1, 0.15) is 12.6 Å². The number of para-hydroxylation sites is 1. The van der Waals surface area contributed by atoms with Crippen LogP contribution in [-0.4, -0.2) is 50.0 Å². The average molecular weight is 488 g/mol. The molecule has 0 saturated carbocycles. The number of benzene rings is 2. The molecule has 7 nitrogen and oxygen atoms in total. The molecule has 0 radical (unpaired) electrons. The molecule has 2 atom stereocenters. The van der Waals surface area contributed by atoms with Crippen LogP contribution < -0.4 is 9.62 Å². The van der Waals surface area contributed by atoms with E-state index >= 15 is 0 Å². The van der Waals surface area contributed by atoms with Crippen LogP contribution in [0.4, 0.5) is 5.69 Å². The van der Waals surface area contributed by atoms with Gasteiger partial charge in [-0.2, -0.15) is 0 Å². The molecular formula is C26H37N3O4S. The van der Waals surface area contributed by atoms with Gasteiger partial charge < -0.3 is 10.2 Å². The van der Waals surface area contributed by atoms with E-state index < -0.39 is 28.5 Å². The number of hydrogen-bond acceptors (Lipinski definition) is 4. The molecule has 2 aromatic rings. The van der Waals surface area contributed by atoms with E-state index in [0.29, 0.717) is 5.69 Å². The quantitative estimate of drug-likeness (QED) is 0.521. The molecule has 0 heterocycles. The zero-order valence-electron chi connectivity index (χ0n) is 21.0. The first-order chi connectivity index (χ1) is 16.0. The Bertz CT molecular complexity index is 1070. The lowest BCUT2D eigenvalue weighted by Gasteiger charge is -2.32. The predicted molar refractivity (Wildman–Crippen MR) is 137 cm³/mol. The highest BCUT2D eigenvalue weighted by molar-refractivity contribution is 7.92. The topological polar surface area (TPSA) is 86.8 Å². The van der Waals surface area contributed by atoms with Crippen LogP contribution in [0.3, 0.4) is 0 Å². The zero-order valence-corrected chi connectivity index (χ0v) is 21.8. The third kappa shape index (κ3) is 7.32. The summed E-state index contributed by atoms with van der Waals surface area (Å²) in [5.41, 5.74) is 2.16. The summed E-state index contributed by atoms with van der Waals surface area (Å²) in [4.78, 5) is 28.0. The number of nitrogens with zero attached hydrogens (tertiary/aromatic N) is 2. The third-order valence-electron chi connectivity index (χ3n) is 5.87. The highest BCUT2D eigenvalue weighted by Crippen LogP contribution is 2.29. The SMILES string of the molecule is CC[C@@H](C)NC(=O)[C@@H](C)N(Cc1ccccc1)C(=O)CN(c1ccccc1C(C)C)S(C)(=O)=O. The average Bonchev–Trinajstić information content (AvgIpc) is 2.80. The molecule has 8 heteroatoms. The van der Waals surface area contributed by atoms with Gasteiger partial charge in [0.15, 0.2) is 0 Å². The molecule has 0 fully saturated rings. The minimum absolute atomic E-state index is 0.0333. The number of rotatable bonds is 11. The van der Waals surface area contributed by atoms with Crippen LogP contribution in [-0.2, 0) is 26.2 Å². The van der Waals surface area contributed by atoms with E-state index in [1.807, 2.05) is 70.2 Å². The van der Waals surface area contributed by atoms with Crippen LogP contribution >= 0.6 is 0 Å². The van der Waals surface area contributed by atoms with Gasteiger partial charge in [0.05, 0.1) is 11.9 Å². The Labute approximate surface area is 204 Å². The molecule has 34 heavy (non-hydrogen) atoms. The van der Waals surface area contributed by atoms with E-state index in [1.165, 1.54) is 4.90 Å². The lowest BCUT2D eigenvalue weighted by molar-refractivity contribution is -0.139. The van der Waals surface area contributed by atoms with E-state index in [2.05, 4.69) is 5.32 Å². The van der Waals surface area contributed by atoms with Crippen molar-refractivity contribution in [3.8, 4) is 0 Å². The number of nitrogens with one attached hydrogen (secondary N) is 1. The van der Waals surface area contributed by atoms with Crippen molar-refractivity contribution in [1.82, 2.24) is 10.2 Å². The van der Waals surface area contributed by atoms with Crippen molar-refractivity contribution in [1.29, 1.82) is 0 Å². The summed E-state index contributed by atoms with van der Waals surface area (Å²) in [6.45, 7) is 9.30. The molecule has 0 unspecified atom stereocenters. The first-order valence-electron chi connectivity index (χ1n) is 11.7. The van der Waals surface area contributed by atoms with Crippen LogP contribution in [0, 0.1) is 0 Å². The van der Waals surface area contributed by atoms with Gasteiger partial charge in [0.25, 0.3) is 0 Å². The number of amides is 2. The number of hydrogen-bond donors (Lipinski definition) is 1. The van der Waals surface area contributed by atoms with E-state index in [1.54, 1.807) is 19.1 Å². The van der Waals surface area contributed by atoms with Crippen LogP contribution in [0.25, 0.3) is 0 Å². The fourth-order valence-electron chi connectivity index (χ4n) is 3.63. The normalized spacial score (nSPS) is 13.3. The largest absolute Gasteiger partial charge is 0.352 e.